The minimum atomic E-state index is 1.18. The van der Waals surface area contributed by atoms with E-state index >= 15 is 0 Å². The van der Waals surface area contributed by atoms with Gasteiger partial charge >= 0.3 is 0 Å². The first-order chi connectivity index (χ1) is 15.3. The second-order valence-corrected chi connectivity index (χ2v) is 8.50. The SMILES string of the molecule is CCCCCc1ccc(/C=C/c2cccc3cc4cc5ccccc5cc4cc23)cc1. The van der Waals surface area contributed by atoms with E-state index in [1.54, 1.807) is 0 Å². The number of aryl methyl sites for hydroxylation is 1. The molecule has 5 rings (SSSR count). The van der Waals surface area contributed by atoms with Crippen molar-refractivity contribution in [2.45, 2.75) is 32.6 Å². The van der Waals surface area contributed by atoms with E-state index in [9.17, 15) is 0 Å². The molecule has 0 nitrogen and oxygen atoms in total. The van der Waals surface area contributed by atoms with Crippen molar-refractivity contribution >= 4 is 44.5 Å². The zero-order valence-corrected chi connectivity index (χ0v) is 18.1. The molecular weight excluding hydrogens is 372 g/mol. The molecule has 0 unspecified atom stereocenters. The van der Waals surface area contributed by atoms with Crippen LogP contribution < -0.4 is 0 Å². The highest BCUT2D eigenvalue weighted by Gasteiger charge is 2.04. The number of benzene rings is 5. The molecule has 0 atom stereocenters. The molecule has 0 bridgehead atoms. The highest BCUT2D eigenvalue weighted by Crippen LogP contribution is 2.30. The van der Waals surface area contributed by atoms with E-state index in [-0.39, 0.29) is 0 Å². The van der Waals surface area contributed by atoms with Gasteiger partial charge in [0.25, 0.3) is 0 Å². The molecule has 0 amide bonds. The van der Waals surface area contributed by atoms with Gasteiger partial charge in [-0.3, -0.25) is 0 Å². The quantitative estimate of drug-likeness (QED) is 0.151. The molecule has 0 heterocycles. The third kappa shape index (κ3) is 4.25. The van der Waals surface area contributed by atoms with Crippen LogP contribution in [-0.4, -0.2) is 0 Å². The van der Waals surface area contributed by atoms with Crippen molar-refractivity contribution in [2.75, 3.05) is 0 Å². The van der Waals surface area contributed by atoms with Crippen molar-refractivity contribution in [1.82, 2.24) is 0 Å². The molecule has 0 N–H and O–H groups in total. The summed E-state index contributed by atoms with van der Waals surface area (Å²) in [4.78, 5) is 0. The molecule has 0 aromatic heterocycles. The molecule has 152 valence electrons. The average molecular weight is 401 g/mol. The van der Waals surface area contributed by atoms with Crippen LogP contribution in [0.4, 0.5) is 0 Å². The summed E-state index contributed by atoms with van der Waals surface area (Å²) in [5.41, 5.74) is 3.96. The molecule has 0 fully saturated rings. The van der Waals surface area contributed by atoms with Gasteiger partial charge in [0.05, 0.1) is 0 Å². The molecule has 5 aromatic rings. The Hall–Kier alpha value is -3.38. The summed E-state index contributed by atoms with van der Waals surface area (Å²) in [6.45, 7) is 2.26. The fourth-order valence-corrected chi connectivity index (χ4v) is 4.45. The zero-order valence-electron chi connectivity index (χ0n) is 18.1. The zero-order chi connectivity index (χ0) is 21.0. The molecule has 0 saturated heterocycles. The first-order valence-electron chi connectivity index (χ1n) is 11.4. The van der Waals surface area contributed by atoms with Crippen LogP contribution in [0.1, 0.15) is 42.9 Å². The molecule has 0 aliphatic heterocycles. The number of hydrogen-bond donors (Lipinski definition) is 0. The minimum absolute atomic E-state index is 1.18. The van der Waals surface area contributed by atoms with Crippen LogP contribution in [0.2, 0.25) is 0 Å². The Balaban J connectivity index is 1.47. The third-order valence-electron chi connectivity index (χ3n) is 6.24. The second kappa shape index (κ2) is 8.78. The first kappa shape index (κ1) is 19.6. The first-order valence-corrected chi connectivity index (χ1v) is 11.4. The van der Waals surface area contributed by atoms with Gasteiger partial charge < -0.3 is 0 Å². The van der Waals surface area contributed by atoms with Crippen molar-refractivity contribution in [1.29, 1.82) is 0 Å². The number of rotatable bonds is 6. The smallest absolute Gasteiger partial charge is 0.0105 e. The third-order valence-corrected chi connectivity index (χ3v) is 6.24. The van der Waals surface area contributed by atoms with Crippen LogP contribution in [-0.2, 0) is 6.42 Å². The standard InChI is InChI=1S/C31H28/c1-2-3-4-8-23-13-15-24(16-14-23)17-18-25-11-7-12-28-21-29-19-26-9-5-6-10-27(26)20-30(29)22-31(25)28/h5-7,9-22H,2-4,8H2,1H3/b18-17+. The van der Waals surface area contributed by atoms with Crippen LogP contribution in [0.25, 0.3) is 44.5 Å². The average Bonchev–Trinajstić information content (AvgIpc) is 2.81. The van der Waals surface area contributed by atoms with Crippen molar-refractivity contribution < 1.29 is 0 Å². The minimum Gasteiger partial charge on any atom is -0.0654 e. The van der Waals surface area contributed by atoms with Gasteiger partial charge in [0, 0.05) is 0 Å². The Labute approximate surface area is 184 Å². The summed E-state index contributed by atoms with van der Waals surface area (Å²) >= 11 is 0. The maximum atomic E-state index is 2.34. The number of fused-ring (bicyclic) bond motifs is 3. The summed E-state index contributed by atoms with van der Waals surface area (Å²) in [7, 11) is 0. The Bertz CT molecular complexity index is 1370. The van der Waals surface area contributed by atoms with Gasteiger partial charge in [-0.25, -0.2) is 0 Å². The van der Waals surface area contributed by atoms with Gasteiger partial charge in [0.2, 0.25) is 0 Å². The lowest BCUT2D eigenvalue weighted by molar-refractivity contribution is 0.717. The number of hydrogen-bond acceptors (Lipinski definition) is 0. The van der Waals surface area contributed by atoms with Crippen LogP contribution in [0, 0.1) is 0 Å². The lowest BCUT2D eigenvalue weighted by atomic mass is 9.97. The Morgan fingerprint density at radius 1 is 0.581 bits per heavy atom. The number of unbranched alkanes of at least 4 members (excludes halogenated alkanes) is 2. The molecular formula is C31H28. The Morgan fingerprint density at radius 2 is 1.26 bits per heavy atom. The monoisotopic (exact) mass is 400 g/mol. The van der Waals surface area contributed by atoms with E-state index in [4.69, 9.17) is 0 Å². The van der Waals surface area contributed by atoms with Crippen LogP contribution in [0.15, 0.2) is 91.0 Å². The lowest BCUT2D eigenvalue weighted by Crippen LogP contribution is -1.85. The maximum absolute atomic E-state index is 2.34. The van der Waals surface area contributed by atoms with Gasteiger partial charge in [-0.1, -0.05) is 98.6 Å². The summed E-state index contributed by atoms with van der Waals surface area (Å²) in [5.74, 6) is 0. The molecule has 0 saturated carbocycles. The van der Waals surface area contributed by atoms with E-state index < -0.39 is 0 Å². The molecule has 31 heavy (non-hydrogen) atoms. The lowest BCUT2D eigenvalue weighted by Gasteiger charge is -2.08. The van der Waals surface area contributed by atoms with Gasteiger partial charge in [-0.15, -0.1) is 0 Å². The van der Waals surface area contributed by atoms with Crippen LogP contribution >= 0.6 is 0 Å². The second-order valence-electron chi connectivity index (χ2n) is 8.50. The van der Waals surface area contributed by atoms with E-state index in [0.717, 1.165) is 0 Å². The Morgan fingerprint density at radius 3 is 2.00 bits per heavy atom. The van der Waals surface area contributed by atoms with Crippen molar-refractivity contribution in [2.24, 2.45) is 0 Å². The molecule has 5 aromatic carbocycles. The summed E-state index contributed by atoms with van der Waals surface area (Å²) in [6.07, 6.45) is 9.54. The van der Waals surface area contributed by atoms with E-state index in [1.807, 2.05) is 0 Å². The normalized spacial score (nSPS) is 11.8. The van der Waals surface area contributed by atoms with Crippen molar-refractivity contribution in [3.8, 4) is 0 Å². The largest absolute Gasteiger partial charge is 0.0654 e. The van der Waals surface area contributed by atoms with Gasteiger partial charge in [0.15, 0.2) is 0 Å². The van der Waals surface area contributed by atoms with Gasteiger partial charge in [-0.2, -0.15) is 0 Å². The van der Waals surface area contributed by atoms with Crippen LogP contribution in [0.3, 0.4) is 0 Å². The van der Waals surface area contributed by atoms with E-state index in [0.29, 0.717) is 0 Å². The summed E-state index contributed by atoms with van der Waals surface area (Å²) in [5, 5.41) is 7.77. The van der Waals surface area contributed by atoms with E-state index in [2.05, 4.69) is 110 Å². The molecule has 0 aliphatic carbocycles. The van der Waals surface area contributed by atoms with Gasteiger partial charge in [-0.05, 0) is 86.1 Å². The van der Waals surface area contributed by atoms with Crippen LogP contribution in [0.5, 0.6) is 0 Å². The highest BCUT2D eigenvalue weighted by atomic mass is 14.1. The predicted octanol–water partition coefficient (Wildman–Crippen LogP) is 9.05. The molecule has 0 heteroatoms. The van der Waals surface area contributed by atoms with Crippen molar-refractivity contribution in [3.63, 3.8) is 0 Å². The molecule has 0 aliphatic rings. The summed E-state index contributed by atoms with van der Waals surface area (Å²) in [6, 6.07) is 33.5. The fraction of sp³-hybridized carbons (Fsp3) is 0.161. The summed E-state index contributed by atoms with van der Waals surface area (Å²) < 4.78 is 0. The topological polar surface area (TPSA) is 0 Å². The Kier molecular flexibility index (Phi) is 5.54. The molecule has 0 spiro atoms. The van der Waals surface area contributed by atoms with Gasteiger partial charge in [0.1, 0.15) is 0 Å². The van der Waals surface area contributed by atoms with E-state index in [1.165, 1.54) is 74.7 Å². The highest BCUT2D eigenvalue weighted by molar-refractivity contribution is 6.06. The predicted molar refractivity (Wildman–Crippen MR) is 138 cm³/mol. The molecule has 0 radical (unpaired) electrons. The fourth-order valence-electron chi connectivity index (χ4n) is 4.45. The van der Waals surface area contributed by atoms with Crippen molar-refractivity contribution in [3.05, 3.63) is 108 Å². The maximum Gasteiger partial charge on any atom is -0.0105 e.